The Morgan fingerprint density at radius 1 is 1.35 bits per heavy atom. The van der Waals surface area contributed by atoms with Gasteiger partial charge in [-0.3, -0.25) is 0 Å². The topological polar surface area (TPSA) is 64.6 Å². The average Bonchev–Trinajstić information content (AvgIpc) is 2.71. The molecule has 94 valence electrons. The third-order valence-corrected chi connectivity index (χ3v) is 3.78. The largest absolute Gasteiger partial charge is 0.454 e. The van der Waals surface area contributed by atoms with E-state index in [1.807, 2.05) is 7.05 Å². The second-order valence-corrected chi connectivity index (χ2v) is 5.87. The van der Waals surface area contributed by atoms with Crippen molar-refractivity contribution >= 4 is 9.84 Å². The van der Waals surface area contributed by atoms with Crippen LogP contribution in [0, 0.1) is 0 Å². The Morgan fingerprint density at radius 3 is 2.76 bits per heavy atom. The summed E-state index contributed by atoms with van der Waals surface area (Å²) >= 11 is 0. The molecule has 0 amide bonds. The minimum absolute atomic E-state index is 0.0767. The van der Waals surface area contributed by atoms with Crippen LogP contribution in [0.25, 0.3) is 0 Å². The number of likely N-dealkylation sites (N-methyl/N-ethyl adjacent to an activating group) is 1. The van der Waals surface area contributed by atoms with Crippen LogP contribution >= 0.6 is 0 Å². The van der Waals surface area contributed by atoms with Gasteiger partial charge in [0.15, 0.2) is 21.3 Å². The van der Waals surface area contributed by atoms with Gasteiger partial charge in [-0.2, -0.15) is 0 Å². The number of benzene rings is 1. The molecule has 0 aliphatic carbocycles. The van der Waals surface area contributed by atoms with Crippen molar-refractivity contribution in [3.8, 4) is 11.5 Å². The molecule has 1 aromatic carbocycles. The maximum atomic E-state index is 11.8. The summed E-state index contributed by atoms with van der Waals surface area (Å²) in [5, 5.41) is 3.00. The van der Waals surface area contributed by atoms with Crippen molar-refractivity contribution in [2.75, 3.05) is 26.6 Å². The summed E-state index contributed by atoms with van der Waals surface area (Å²) in [7, 11) is -1.50. The molecule has 1 N–H and O–H groups in total. The fourth-order valence-corrected chi connectivity index (χ4v) is 2.99. The lowest BCUT2D eigenvalue weighted by atomic mass is 10.1. The van der Waals surface area contributed by atoms with E-state index in [2.05, 4.69) is 5.32 Å². The highest BCUT2D eigenvalue weighted by Gasteiger charge is 2.26. The molecule has 17 heavy (non-hydrogen) atoms. The van der Waals surface area contributed by atoms with Gasteiger partial charge in [-0.1, -0.05) is 6.07 Å². The molecule has 1 heterocycles. The molecule has 5 nitrogen and oxygen atoms in total. The zero-order valence-corrected chi connectivity index (χ0v) is 10.6. The predicted octanol–water partition coefficient (Wildman–Crippen LogP) is 0.581. The van der Waals surface area contributed by atoms with Crippen molar-refractivity contribution in [2.45, 2.75) is 11.3 Å². The molecule has 1 aromatic rings. The van der Waals surface area contributed by atoms with Gasteiger partial charge in [-0.25, -0.2) is 8.42 Å². The minimum atomic E-state index is -3.32. The number of hydrogen-bond donors (Lipinski definition) is 1. The van der Waals surface area contributed by atoms with Gasteiger partial charge in [0.25, 0.3) is 0 Å². The van der Waals surface area contributed by atoms with Crippen molar-refractivity contribution in [2.24, 2.45) is 0 Å². The van der Waals surface area contributed by atoms with Crippen LogP contribution in [0.4, 0.5) is 0 Å². The van der Waals surface area contributed by atoms with Gasteiger partial charge in [0.05, 0.1) is 0 Å². The third-order valence-electron chi connectivity index (χ3n) is 2.59. The highest BCUT2D eigenvalue weighted by molar-refractivity contribution is 7.90. The summed E-state index contributed by atoms with van der Waals surface area (Å²) in [6, 6.07) is 3.53. The van der Waals surface area contributed by atoms with E-state index >= 15 is 0 Å². The Balaban J connectivity index is 2.53. The molecule has 0 aromatic heterocycles. The van der Waals surface area contributed by atoms with Gasteiger partial charge in [-0.05, 0) is 31.6 Å². The first kappa shape index (κ1) is 12.2. The number of sulfone groups is 1. The standard InChI is InChI=1S/C11H15NO4S/c1-12-6-5-8-3-4-9-10(16-7-15-9)11(8)17(2,13)14/h3-4,12H,5-7H2,1-2H3. The molecule has 6 heteroatoms. The molecular weight excluding hydrogens is 242 g/mol. The third kappa shape index (κ3) is 2.37. The Bertz CT molecular complexity index is 525. The van der Waals surface area contributed by atoms with Gasteiger partial charge in [0.1, 0.15) is 4.90 Å². The Morgan fingerprint density at radius 2 is 2.12 bits per heavy atom. The van der Waals surface area contributed by atoms with E-state index in [9.17, 15) is 8.42 Å². The summed E-state index contributed by atoms with van der Waals surface area (Å²) in [6.07, 6.45) is 1.82. The van der Waals surface area contributed by atoms with Crippen LogP contribution in [0.5, 0.6) is 11.5 Å². The van der Waals surface area contributed by atoms with Crippen LogP contribution in [-0.2, 0) is 16.3 Å². The SMILES string of the molecule is CNCCc1ccc2c(c1S(C)(=O)=O)OCO2. The van der Waals surface area contributed by atoms with Crippen LogP contribution in [0.15, 0.2) is 17.0 Å². The quantitative estimate of drug-likeness (QED) is 0.855. The molecule has 0 saturated heterocycles. The normalized spacial score (nSPS) is 14.0. The molecule has 1 aliphatic rings. The predicted molar refractivity (Wildman–Crippen MR) is 63.3 cm³/mol. The van der Waals surface area contributed by atoms with Gasteiger partial charge in [0, 0.05) is 6.26 Å². The van der Waals surface area contributed by atoms with Gasteiger partial charge in [-0.15, -0.1) is 0 Å². The molecule has 0 unspecified atom stereocenters. The first-order valence-electron chi connectivity index (χ1n) is 5.30. The van der Waals surface area contributed by atoms with E-state index in [1.54, 1.807) is 12.1 Å². The second-order valence-electron chi connectivity index (χ2n) is 3.91. The lowest BCUT2D eigenvalue weighted by molar-refractivity contribution is 0.172. The molecule has 0 radical (unpaired) electrons. The smallest absolute Gasteiger partial charge is 0.231 e. The first-order valence-corrected chi connectivity index (χ1v) is 7.19. The van der Waals surface area contributed by atoms with Crippen LogP contribution in [0.1, 0.15) is 5.56 Å². The van der Waals surface area contributed by atoms with Gasteiger partial charge >= 0.3 is 0 Å². The number of fused-ring (bicyclic) bond motifs is 1. The summed E-state index contributed by atoms with van der Waals surface area (Å²) in [5.41, 5.74) is 0.756. The average molecular weight is 257 g/mol. The van der Waals surface area contributed by atoms with E-state index < -0.39 is 9.84 Å². The molecule has 0 spiro atoms. The van der Waals surface area contributed by atoms with Gasteiger partial charge in [0.2, 0.25) is 6.79 Å². The number of hydrogen-bond acceptors (Lipinski definition) is 5. The van der Waals surface area contributed by atoms with Crippen LogP contribution in [0.3, 0.4) is 0 Å². The lowest BCUT2D eigenvalue weighted by Gasteiger charge is -2.10. The van der Waals surface area contributed by atoms with E-state index in [0.29, 0.717) is 24.5 Å². The highest BCUT2D eigenvalue weighted by atomic mass is 32.2. The molecule has 0 bridgehead atoms. The van der Waals surface area contributed by atoms with Gasteiger partial charge < -0.3 is 14.8 Å². The Hall–Kier alpha value is -1.27. The Kier molecular flexibility index (Phi) is 3.26. The Labute approximate surface area is 101 Å². The highest BCUT2D eigenvalue weighted by Crippen LogP contribution is 2.40. The fourth-order valence-electron chi connectivity index (χ4n) is 1.85. The summed E-state index contributed by atoms with van der Waals surface area (Å²) in [5.74, 6) is 0.847. The summed E-state index contributed by atoms with van der Waals surface area (Å²) in [4.78, 5) is 0.253. The van der Waals surface area contributed by atoms with Crippen LogP contribution in [0.2, 0.25) is 0 Å². The number of rotatable bonds is 4. The van der Waals surface area contributed by atoms with Crippen molar-refractivity contribution in [1.29, 1.82) is 0 Å². The maximum Gasteiger partial charge on any atom is 0.231 e. The molecule has 0 atom stereocenters. The zero-order chi connectivity index (χ0) is 12.5. The molecular formula is C11H15NO4S. The van der Waals surface area contributed by atoms with E-state index in [-0.39, 0.29) is 11.7 Å². The van der Waals surface area contributed by atoms with E-state index in [4.69, 9.17) is 9.47 Å². The van der Waals surface area contributed by atoms with E-state index in [1.165, 1.54) is 6.26 Å². The first-order chi connectivity index (χ1) is 8.04. The van der Waals surface area contributed by atoms with Crippen LogP contribution < -0.4 is 14.8 Å². The minimum Gasteiger partial charge on any atom is -0.454 e. The molecule has 2 rings (SSSR count). The van der Waals surface area contributed by atoms with E-state index in [0.717, 1.165) is 5.56 Å². The summed E-state index contributed by atoms with van der Waals surface area (Å²) in [6.45, 7) is 0.787. The lowest BCUT2D eigenvalue weighted by Crippen LogP contribution is -2.13. The van der Waals surface area contributed by atoms with Crippen molar-refractivity contribution < 1.29 is 17.9 Å². The molecule has 1 aliphatic heterocycles. The van der Waals surface area contributed by atoms with Crippen molar-refractivity contribution in [1.82, 2.24) is 5.32 Å². The number of nitrogens with one attached hydrogen (secondary N) is 1. The van der Waals surface area contributed by atoms with Crippen LogP contribution in [-0.4, -0.2) is 35.1 Å². The summed E-state index contributed by atoms with van der Waals surface area (Å²) < 4.78 is 34.1. The number of ether oxygens (including phenoxy) is 2. The zero-order valence-electron chi connectivity index (χ0n) is 9.82. The van der Waals surface area contributed by atoms with Crippen molar-refractivity contribution in [3.63, 3.8) is 0 Å². The monoisotopic (exact) mass is 257 g/mol. The fraction of sp³-hybridized carbons (Fsp3) is 0.455. The second kappa shape index (κ2) is 4.54. The molecule has 0 saturated carbocycles. The maximum absolute atomic E-state index is 11.8. The molecule has 0 fully saturated rings. The van der Waals surface area contributed by atoms with Crippen molar-refractivity contribution in [3.05, 3.63) is 17.7 Å².